The van der Waals surface area contributed by atoms with Crippen LogP contribution < -0.4 is 5.32 Å². The van der Waals surface area contributed by atoms with Gasteiger partial charge in [0.05, 0.1) is 0 Å². The van der Waals surface area contributed by atoms with Crippen molar-refractivity contribution >= 4 is 0 Å². The van der Waals surface area contributed by atoms with Crippen LogP contribution in [0.2, 0.25) is 0 Å². The molecule has 0 heterocycles. The monoisotopic (exact) mass is 287 g/mol. The summed E-state index contributed by atoms with van der Waals surface area (Å²) in [5.74, 6) is 0. The summed E-state index contributed by atoms with van der Waals surface area (Å²) in [6.07, 6.45) is -3.08. The van der Waals surface area contributed by atoms with Crippen LogP contribution in [-0.2, 0) is 6.42 Å². The number of aryl methyl sites for hydroxylation is 2. The fourth-order valence-electron chi connectivity index (χ4n) is 2.38. The first-order valence-electron chi connectivity index (χ1n) is 7.18. The molecule has 0 aliphatic rings. The first-order valence-corrected chi connectivity index (χ1v) is 7.18. The van der Waals surface area contributed by atoms with Crippen LogP contribution in [0.25, 0.3) is 0 Å². The van der Waals surface area contributed by atoms with Crippen molar-refractivity contribution in [2.45, 2.75) is 58.7 Å². The summed E-state index contributed by atoms with van der Waals surface area (Å²) in [7, 11) is 0. The third kappa shape index (κ3) is 5.95. The van der Waals surface area contributed by atoms with Crippen molar-refractivity contribution in [3.05, 3.63) is 34.9 Å². The normalized spacial score (nSPS) is 13.5. The first-order chi connectivity index (χ1) is 9.33. The van der Waals surface area contributed by atoms with E-state index in [1.807, 2.05) is 39.0 Å². The van der Waals surface area contributed by atoms with Gasteiger partial charge >= 0.3 is 6.18 Å². The maximum absolute atomic E-state index is 12.4. The molecule has 0 spiro atoms. The van der Waals surface area contributed by atoms with Gasteiger partial charge in [0.2, 0.25) is 0 Å². The standard InChI is InChI=1S/C16H24F3N/c1-4-10-20-14(8-9-16(17,18)19)11-15-12(2)6-5-7-13(15)3/h5-7,14,20H,4,8-11H2,1-3H3. The number of hydrogen-bond acceptors (Lipinski definition) is 1. The maximum atomic E-state index is 12.4. The number of alkyl halides is 3. The third-order valence-electron chi connectivity index (χ3n) is 3.55. The Morgan fingerprint density at radius 3 is 2.25 bits per heavy atom. The molecule has 0 saturated heterocycles. The summed E-state index contributed by atoms with van der Waals surface area (Å²) in [6, 6.07) is 5.90. The SMILES string of the molecule is CCCNC(CCC(F)(F)F)Cc1c(C)cccc1C. The van der Waals surface area contributed by atoms with E-state index in [1.54, 1.807) is 0 Å². The fourth-order valence-corrected chi connectivity index (χ4v) is 2.38. The van der Waals surface area contributed by atoms with E-state index >= 15 is 0 Å². The molecule has 0 saturated carbocycles. The van der Waals surface area contributed by atoms with Gasteiger partial charge in [-0.1, -0.05) is 25.1 Å². The van der Waals surface area contributed by atoms with Gasteiger partial charge in [0.1, 0.15) is 0 Å². The highest BCUT2D eigenvalue weighted by Gasteiger charge is 2.28. The second-order valence-electron chi connectivity index (χ2n) is 5.38. The number of halogens is 3. The largest absolute Gasteiger partial charge is 0.389 e. The van der Waals surface area contributed by atoms with Crippen LogP contribution in [0, 0.1) is 13.8 Å². The Hall–Kier alpha value is -1.03. The van der Waals surface area contributed by atoms with Gasteiger partial charge in [0.15, 0.2) is 0 Å². The lowest BCUT2D eigenvalue weighted by molar-refractivity contribution is -0.136. The van der Waals surface area contributed by atoms with Crippen LogP contribution in [0.1, 0.15) is 42.9 Å². The molecule has 0 amide bonds. The molecular weight excluding hydrogens is 263 g/mol. The predicted octanol–water partition coefficient (Wildman–Crippen LogP) is 4.56. The Kier molecular flexibility index (Phi) is 6.53. The summed E-state index contributed by atoms with van der Waals surface area (Å²) in [4.78, 5) is 0. The van der Waals surface area contributed by atoms with Crippen LogP contribution in [0.4, 0.5) is 13.2 Å². The van der Waals surface area contributed by atoms with Gasteiger partial charge in [-0.2, -0.15) is 13.2 Å². The minimum absolute atomic E-state index is 0.114. The van der Waals surface area contributed by atoms with E-state index in [0.29, 0.717) is 6.42 Å². The predicted molar refractivity (Wildman–Crippen MR) is 77.0 cm³/mol. The van der Waals surface area contributed by atoms with Crippen molar-refractivity contribution in [1.29, 1.82) is 0 Å². The molecule has 1 atom stereocenters. The van der Waals surface area contributed by atoms with Gasteiger partial charge < -0.3 is 5.32 Å². The van der Waals surface area contributed by atoms with Crippen LogP contribution in [0.3, 0.4) is 0 Å². The van der Waals surface area contributed by atoms with Crippen LogP contribution in [0.15, 0.2) is 18.2 Å². The Morgan fingerprint density at radius 2 is 1.75 bits per heavy atom. The van der Waals surface area contributed by atoms with Crippen molar-refractivity contribution in [2.75, 3.05) is 6.54 Å². The Labute approximate surface area is 119 Å². The zero-order chi connectivity index (χ0) is 15.2. The lowest BCUT2D eigenvalue weighted by atomic mass is 9.94. The van der Waals surface area contributed by atoms with Gasteiger partial charge in [-0.15, -0.1) is 0 Å². The van der Waals surface area contributed by atoms with Gasteiger partial charge in [-0.05, 0) is 56.3 Å². The van der Waals surface area contributed by atoms with E-state index in [2.05, 4.69) is 5.32 Å². The topological polar surface area (TPSA) is 12.0 Å². The highest BCUT2D eigenvalue weighted by atomic mass is 19.4. The van der Waals surface area contributed by atoms with Crippen molar-refractivity contribution in [1.82, 2.24) is 5.32 Å². The molecule has 0 fully saturated rings. The maximum Gasteiger partial charge on any atom is 0.389 e. The van der Waals surface area contributed by atoms with Crippen molar-refractivity contribution in [3.63, 3.8) is 0 Å². The van der Waals surface area contributed by atoms with Crippen LogP contribution in [0.5, 0.6) is 0 Å². The molecule has 1 N–H and O–H groups in total. The van der Waals surface area contributed by atoms with E-state index in [0.717, 1.165) is 24.1 Å². The van der Waals surface area contributed by atoms with E-state index in [1.165, 1.54) is 5.56 Å². The molecule has 114 valence electrons. The Bertz CT molecular complexity index is 392. The van der Waals surface area contributed by atoms with E-state index in [9.17, 15) is 13.2 Å². The summed E-state index contributed by atoms with van der Waals surface area (Å²) < 4.78 is 37.2. The number of hydrogen-bond donors (Lipinski definition) is 1. The molecule has 0 aromatic heterocycles. The summed E-state index contributed by atoms with van der Waals surface area (Å²) >= 11 is 0. The molecule has 0 aliphatic carbocycles. The number of benzene rings is 1. The molecule has 1 aromatic rings. The van der Waals surface area contributed by atoms with Gasteiger partial charge in [0, 0.05) is 12.5 Å². The highest BCUT2D eigenvalue weighted by molar-refractivity contribution is 5.34. The molecule has 4 heteroatoms. The quantitative estimate of drug-likeness (QED) is 0.775. The minimum Gasteiger partial charge on any atom is -0.314 e. The lowest BCUT2D eigenvalue weighted by Gasteiger charge is -2.21. The van der Waals surface area contributed by atoms with E-state index < -0.39 is 12.6 Å². The average Bonchev–Trinajstić information content (AvgIpc) is 2.35. The minimum atomic E-state index is -4.08. The van der Waals surface area contributed by atoms with E-state index in [-0.39, 0.29) is 12.5 Å². The van der Waals surface area contributed by atoms with Crippen LogP contribution in [-0.4, -0.2) is 18.8 Å². The molecule has 1 nitrogen and oxygen atoms in total. The fraction of sp³-hybridized carbons (Fsp3) is 0.625. The Balaban J connectivity index is 2.73. The summed E-state index contributed by atoms with van der Waals surface area (Å²) in [5.41, 5.74) is 3.48. The number of nitrogens with one attached hydrogen (secondary N) is 1. The van der Waals surface area contributed by atoms with Gasteiger partial charge in [0.25, 0.3) is 0 Å². The lowest BCUT2D eigenvalue weighted by Crippen LogP contribution is -2.33. The second kappa shape index (κ2) is 7.67. The van der Waals surface area contributed by atoms with Crippen molar-refractivity contribution in [2.24, 2.45) is 0 Å². The Morgan fingerprint density at radius 1 is 1.15 bits per heavy atom. The molecule has 1 unspecified atom stereocenters. The molecule has 1 aromatic carbocycles. The molecule has 0 aliphatic heterocycles. The number of rotatable bonds is 7. The smallest absolute Gasteiger partial charge is 0.314 e. The third-order valence-corrected chi connectivity index (χ3v) is 3.55. The van der Waals surface area contributed by atoms with Crippen LogP contribution >= 0.6 is 0 Å². The van der Waals surface area contributed by atoms with E-state index in [4.69, 9.17) is 0 Å². The zero-order valence-corrected chi connectivity index (χ0v) is 12.5. The molecule has 0 radical (unpaired) electrons. The zero-order valence-electron chi connectivity index (χ0n) is 12.5. The van der Waals surface area contributed by atoms with Gasteiger partial charge in [-0.25, -0.2) is 0 Å². The second-order valence-corrected chi connectivity index (χ2v) is 5.38. The molecular formula is C16H24F3N. The van der Waals surface area contributed by atoms with Crippen molar-refractivity contribution in [3.8, 4) is 0 Å². The summed E-state index contributed by atoms with van der Waals surface area (Å²) in [5, 5.41) is 3.24. The summed E-state index contributed by atoms with van der Waals surface area (Å²) in [6.45, 7) is 6.81. The van der Waals surface area contributed by atoms with Gasteiger partial charge in [-0.3, -0.25) is 0 Å². The molecule has 20 heavy (non-hydrogen) atoms. The highest BCUT2D eigenvalue weighted by Crippen LogP contribution is 2.24. The molecule has 0 bridgehead atoms. The first kappa shape index (κ1) is 17.0. The van der Waals surface area contributed by atoms with Crippen molar-refractivity contribution < 1.29 is 13.2 Å². The molecule has 1 rings (SSSR count). The average molecular weight is 287 g/mol.